The number of benzene rings is 1. The summed E-state index contributed by atoms with van der Waals surface area (Å²) in [5.74, 6) is -0.392. The lowest BCUT2D eigenvalue weighted by Crippen LogP contribution is -2.05. The van der Waals surface area contributed by atoms with Crippen molar-refractivity contribution in [3.05, 3.63) is 28.8 Å². The van der Waals surface area contributed by atoms with E-state index in [-0.39, 0.29) is 6.42 Å². The molecular weight excluding hydrogens is 206 g/mol. The van der Waals surface area contributed by atoms with E-state index in [4.69, 9.17) is 15.1 Å². The summed E-state index contributed by atoms with van der Waals surface area (Å²) in [5, 5.41) is 17.8. The Hall–Kier alpha value is -2.02. The Balaban J connectivity index is 3.32. The molecule has 0 aromatic heterocycles. The molecule has 0 heterocycles. The highest BCUT2D eigenvalue weighted by Gasteiger charge is 2.12. The maximum absolute atomic E-state index is 10.7. The zero-order valence-corrected chi connectivity index (χ0v) is 9.28. The molecule has 84 valence electrons. The first kappa shape index (κ1) is 12.1. The number of methoxy groups -OCH3 is 1. The molecule has 0 amide bonds. The predicted octanol–water partition coefficient (Wildman–Crippen LogP) is 1.76. The van der Waals surface area contributed by atoms with Crippen molar-refractivity contribution < 1.29 is 14.6 Å². The zero-order chi connectivity index (χ0) is 12.1. The fraction of sp³-hybridized carbons (Fsp3) is 0.333. The Bertz CT molecular complexity index is 446. The Kier molecular flexibility index (Phi) is 3.90. The summed E-state index contributed by atoms with van der Waals surface area (Å²) in [7, 11) is 1.49. The number of carboxylic acids is 1. The average Bonchev–Trinajstić information content (AvgIpc) is 2.27. The smallest absolute Gasteiger partial charge is 0.307 e. The number of nitriles is 1. The maximum atomic E-state index is 10.7. The maximum Gasteiger partial charge on any atom is 0.307 e. The molecule has 0 fully saturated rings. The summed E-state index contributed by atoms with van der Waals surface area (Å²) in [6.45, 7) is 1.90. The van der Waals surface area contributed by atoms with Crippen LogP contribution in [0.2, 0.25) is 0 Å². The first-order valence-electron chi connectivity index (χ1n) is 4.94. The minimum Gasteiger partial charge on any atom is -0.497 e. The second-order valence-corrected chi connectivity index (χ2v) is 3.35. The van der Waals surface area contributed by atoms with Crippen LogP contribution in [-0.2, 0) is 17.6 Å². The van der Waals surface area contributed by atoms with Gasteiger partial charge in [0, 0.05) is 0 Å². The molecule has 0 aliphatic carbocycles. The van der Waals surface area contributed by atoms with E-state index in [9.17, 15) is 4.79 Å². The standard InChI is InChI=1S/C12H13NO3/c1-3-11-8(6-12(14)15)4-10(16-2)5-9(11)7-13/h4-5H,3,6H2,1-2H3,(H,14,15). The molecule has 1 aromatic rings. The third kappa shape index (κ3) is 2.51. The van der Waals surface area contributed by atoms with Crippen LogP contribution in [0.15, 0.2) is 12.1 Å². The van der Waals surface area contributed by atoms with E-state index in [1.54, 1.807) is 12.1 Å². The van der Waals surface area contributed by atoms with E-state index < -0.39 is 5.97 Å². The first-order valence-corrected chi connectivity index (χ1v) is 4.94. The van der Waals surface area contributed by atoms with E-state index in [0.717, 1.165) is 5.56 Å². The third-order valence-corrected chi connectivity index (χ3v) is 2.37. The number of aliphatic carboxylic acids is 1. The van der Waals surface area contributed by atoms with Crippen molar-refractivity contribution in [2.75, 3.05) is 7.11 Å². The van der Waals surface area contributed by atoms with Gasteiger partial charge in [-0.15, -0.1) is 0 Å². The van der Waals surface area contributed by atoms with Crippen LogP contribution in [0.1, 0.15) is 23.6 Å². The fourth-order valence-electron chi connectivity index (χ4n) is 1.66. The molecule has 4 nitrogen and oxygen atoms in total. The van der Waals surface area contributed by atoms with Gasteiger partial charge < -0.3 is 9.84 Å². The normalized spacial score (nSPS) is 9.56. The van der Waals surface area contributed by atoms with Gasteiger partial charge in [0.05, 0.1) is 25.2 Å². The van der Waals surface area contributed by atoms with Crippen molar-refractivity contribution in [3.8, 4) is 11.8 Å². The van der Waals surface area contributed by atoms with E-state index in [1.807, 2.05) is 6.92 Å². The highest BCUT2D eigenvalue weighted by Crippen LogP contribution is 2.23. The van der Waals surface area contributed by atoms with Gasteiger partial charge in [0.25, 0.3) is 0 Å². The molecule has 16 heavy (non-hydrogen) atoms. The van der Waals surface area contributed by atoms with Gasteiger partial charge in [-0.3, -0.25) is 4.79 Å². The molecule has 0 radical (unpaired) electrons. The number of carboxylic acid groups (broad SMARTS) is 1. The van der Waals surface area contributed by atoms with Gasteiger partial charge in [-0.1, -0.05) is 6.92 Å². The van der Waals surface area contributed by atoms with Crippen molar-refractivity contribution >= 4 is 5.97 Å². The van der Waals surface area contributed by atoms with Crippen LogP contribution in [0.25, 0.3) is 0 Å². The predicted molar refractivity (Wildman–Crippen MR) is 58.4 cm³/mol. The molecule has 0 saturated carbocycles. The molecule has 0 unspecified atom stereocenters. The van der Waals surface area contributed by atoms with E-state index in [0.29, 0.717) is 23.3 Å². The fourth-order valence-corrected chi connectivity index (χ4v) is 1.66. The Morgan fingerprint density at radius 2 is 2.25 bits per heavy atom. The van der Waals surface area contributed by atoms with Gasteiger partial charge >= 0.3 is 5.97 Å². The minimum atomic E-state index is -0.910. The second kappa shape index (κ2) is 5.17. The summed E-state index contributed by atoms with van der Waals surface area (Å²) in [4.78, 5) is 10.7. The molecule has 1 rings (SSSR count). The summed E-state index contributed by atoms with van der Waals surface area (Å²) in [6, 6.07) is 5.37. The SMILES string of the molecule is CCc1c(C#N)cc(OC)cc1CC(=O)O. The van der Waals surface area contributed by atoms with Crippen LogP contribution in [0.3, 0.4) is 0 Å². The lowest BCUT2D eigenvalue weighted by Gasteiger charge is -2.10. The van der Waals surface area contributed by atoms with Gasteiger partial charge in [-0.2, -0.15) is 5.26 Å². The molecule has 0 aliphatic heterocycles. The van der Waals surface area contributed by atoms with Crippen LogP contribution in [0.4, 0.5) is 0 Å². The summed E-state index contributed by atoms with van der Waals surface area (Å²) in [5.41, 5.74) is 1.91. The highest BCUT2D eigenvalue weighted by molar-refractivity contribution is 5.71. The molecule has 0 aliphatic rings. The summed E-state index contributed by atoms with van der Waals surface area (Å²) in [6.07, 6.45) is 0.546. The monoisotopic (exact) mass is 219 g/mol. The van der Waals surface area contributed by atoms with Crippen LogP contribution >= 0.6 is 0 Å². The van der Waals surface area contributed by atoms with Crippen molar-refractivity contribution in [3.63, 3.8) is 0 Å². The van der Waals surface area contributed by atoms with Crippen molar-refractivity contribution in [1.29, 1.82) is 5.26 Å². The first-order chi connectivity index (χ1) is 7.62. The largest absolute Gasteiger partial charge is 0.497 e. The molecule has 0 spiro atoms. The minimum absolute atomic E-state index is 0.0882. The van der Waals surface area contributed by atoms with Gasteiger partial charge in [-0.05, 0) is 29.7 Å². The van der Waals surface area contributed by atoms with E-state index >= 15 is 0 Å². The quantitative estimate of drug-likeness (QED) is 0.837. The summed E-state index contributed by atoms with van der Waals surface area (Å²) < 4.78 is 5.03. The highest BCUT2D eigenvalue weighted by atomic mass is 16.5. The lowest BCUT2D eigenvalue weighted by atomic mass is 9.97. The molecule has 0 saturated heterocycles. The van der Waals surface area contributed by atoms with Crippen LogP contribution in [0.5, 0.6) is 5.75 Å². The number of rotatable bonds is 4. The molecule has 4 heteroatoms. The van der Waals surface area contributed by atoms with Crippen molar-refractivity contribution in [2.24, 2.45) is 0 Å². The zero-order valence-electron chi connectivity index (χ0n) is 9.28. The number of hydrogen-bond donors (Lipinski definition) is 1. The molecule has 1 aromatic carbocycles. The average molecular weight is 219 g/mol. The molecule has 0 bridgehead atoms. The third-order valence-electron chi connectivity index (χ3n) is 2.37. The topological polar surface area (TPSA) is 70.3 Å². The van der Waals surface area contributed by atoms with Crippen molar-refractivity contribution in [2.45, 2.75) is 19.8 Å². The van der Waals surface area contributed by atoms with E-state index in [1.165, 1.54) is 7.11 Å². The van der Waals surface area contributed by atoms with Gasteiger partial charge in [0.1, 0.15) is 5.75 Å². The van der Waals surface area contributed by atoms with Gasteiger partial charge in [0.15, 0.2) is 0 Å². The van der Waals surface area contributed by atoms with E-state index in [2.05, 4.69) is 6.07 Å². The van der Waals surface area contributed by atoms with Crippen LogP contribution < -0.4 is 4.74 Å². The number of nitrogens with zero attached hydrogens (tertiary/aromatic N) is 1. The Morgan fingerprint density at radius 3 is 2.69 bits per heavy atom. The number of ether oxygens (including phenoxy) is 1. The molecular formula is C12H13NO3. The molecule has 1 N–H and O–H groups in total. The lowest BCUT2D eigenvalue weighted by molar-refractivity contribution is -0.136. The molecule has 0 atom stereocenters. The second-order valence-electron chi connectivity index (χ2n) is 3.35. The number of hydrogen-bond acceptors (Lipinski definition) is 3. The van der Waals surface area contributed by atoms with Gasteiger partial charge in [-0.25, -0.2) is 0 Å². The van der Waals surface area contributed by atoms with Crippen LogP contribution in [0, 0.1) is 11.3 Å². The van der Waals surface area contributed by atoms with Crippen LogP contribution in [-0.4, -0.2) is 18.2 Å². The Morgan fingerprint density at radius 1 is 1.56 bits per heavy atom. The van der Waals surface area contributed by atoms with Gasteiger partial charge in [0.2, 0.25) is 0 Å². The number of carbonyl (C=O) groups is 1. The van der Waals surface area contributed by atoms with Crippen molar-refractivity contribution in [1.82, 2.24) is 0 Å². The Labute approximate surface area is 94.1 Å². The summed E-state index contributed by atoms with van der Waals surface area (Å²) >= 11 is 0.